The zero-order chi connectivity index (χ0) is 14.1. The normalized spacial score (nSPS) is 15.3. The van der Waals surface area contributed by atoms with Crippen molar-refractivity contribution in [2.75, 3.05) is 36.9 Å². The van der Waals surface area contributed by atoms with Crippen molar-refractivity contribution in [3.63, 3.8) is 0 Å². The highest BCUT2D eigenvalue weighted by molar-refractivity contribution is 6.37. The van der Waals surface area contributed by atoms with Gasteiger partial charge in [0.2, 0.25) is 0 Å². The Morgan fingerprint density at radius 2 is 2.10 bits per heavy atom. The van der Waals surface area contributed by atoms with Crippen molar-refractivity contribution < 1.29 is 4.74 Å². The van der Waals surface area contributed by atoms with Crippen molar-refractivity contribution in [1.82, 2.24) is 4.98 Å². The fourth-order valence-electron chi connectivity index (χ4n) is 2.35. The van der Waals surface area contributed by atoms with Crippen molar-refractivity contribution in [3.05, 3.63) is 28.8 Å². The molecule has 0 bridgehead atoms. The Hall–Kier alpha value is -2.03. The first-order valence-electron chi connectivity index (χ1n) is 6.32. The lowest BCUT2D eigenvalue weighted by Crippen LogP contribution is -2.36. The number of hydrogen-bond acceptors (Lipinski definition) is 5. The third-order valence-electron chi connectivity index (χ3n) is 3.42. The molecule has 0 amide bonds. The van der Waals surface area contributed by atoms with Crippen LogP contribution in [0.5, 0.6) is 0 Å². The maximum atomic E-state index is 9.10. The van der Waals surface area contributed by atoms with Gasteiger partial charge in [-0.05, 0) is 18.2 Å². The second kappa shape index (κ2) is 5.16. The van der Waals surface area contributed by atoms with E-state index < -0.39 is 0 Å². The molecule has 0 atom stereocenters. The van der Waals surface area contributed by atoms with Crippen molar-refractivity contribution in [1.29, 1.82) is 5.26 Å². The molecule has 1 fully saturated rings. The number of aromatic nitrogens is 1. The SMILES string of the molecule is N#Cc1c(N)nc2ccc(N3CCOCC3)cc2c1Cl. The molecule has 0 radical (unpaired) electrons. The van der Waals surface area contributed by atoms with E-state index in [1.807, 2.05) is 24.3 Å². The Labute approximate surface area is 121 Å². The summed E-state index contributed by atoms with van der Waals surface area (Å²) in [5.41, 5.74) is 7.72. The Morgan fingerprint density at radius 3 is 2.80 bits per heavy atom. The van der Waals surface area contributed by atoms with E-state index in [0.29, 0.717) is 10.5 Å². The van der Waals surface area contributed by atoms with Crippen LogP contribution in [0.2, 0.25) is 5.02 Å². The number of pyridine rings is 1. The summed E-state index contributed by atoms with van der Waals surface area (Å²) in [7, 11) is 0. The first-order chi connectivity index (χ1) is 9.70. The molecule has 20 heavy (non-hydrogen) atoms. The first kappa shape index (κ1) is 13.0. The lowest BCUT2D eigenvalue weighted by Gasteiger charge is -2.29. The highest BCUT2D eigenvalue weighted by Crippen LogP contribution is 2.32. The van der Waals surface area contributed by atoms with E-state index >= 15 is 0 Å². The molecule has 1 aliphatic heterocycles. The van der Waals surface area contributed by atoms with E-state index in [1.54, 1.807) is 0 Å². The predicted octanol–water partition coefficient (Wildman–Crippen LogP) is 2.18. The average Bonchev–Trinajstić information content (AvgIpc) is 2.48. The van der Waals surface area contributed by atoms with E-state index in [0.717, 1.165) is 37.4 Å². The van der Waals surface area contributed by atoms with E-state index in [4.69, 9.17) is 27.3 Å². The molecule has 5 nitrogen and oxygen atoms in total. The Bertz CT molecular complexity index is 704. The minimum atomic E-state index is 0.170. The van der Waals surface area contributed by atoms with E-state index in [9.17, 15) is 0 Å². The van der Waals surface area contributed by atoms with Gasteiger partial charge in [0.05, 0.1) is 23.8 Å². The molecule has 1 aliphatic rings. The zero-order valence-electron chi connectivity index (χ0n) is 10.8. The lowest BCUT2D eigenvalue weighted by molar-refractivity contribution is 0.122. The van der Waals surface area contributed by atoms with Crippen LogP contribution in [0.15, 0.2) is 18.2 Å². The van der Waals surface area contributed by atoms with Crippen LogP contribution in [0.25, 0.3) is 10.9 Å². The summed E-state index contributed by atoms with van der Waals surface area (Å²) in [5.74, 6) is 0.170. The highest BCUT2D eigenvalue weighted by Gasteiger charge is 2.15. The van der Waals surface area contributed by atoms with Crippen LogP contribution < -0.4 is 10.6 Å². The summed E-state index contributed by atoms with van der Waals surface area (Å²) >= 11 is 6.27. The highest BCUT2D eigenvalue weighted by atomic mass is 35.5. The average molecular weight is 289 g/mol. The standard InChI is InChI=1S/C14H13ClN4O/c15-13-10-7-9(19-3-5-20-6-4-19)1-2-12(10)18-14(17)11(13)8-16/h1-2,7H,3-6H2,(H2,17,18). The molecule has 0 aliphatic carbocycles. The number of nitrogen functional groups attached to an aromatic ring is 1. The van der Waals surface area contributed by atoms with Gasteiger partial charge >= 0.3 is 0 Å². The minimum Gasteiger partial charge on any atom is -0.383 e. The van der Waals surface area contributed by atoms with Crippen LogP contribution in [0.4, 0.5) is 11.5 Å². The van der Waals surface area contributed by atoms with Crippen molar-refractivity contribution in [2.24, 2.45) is 0 Å². The van der Waals surface area contributed by atoms with Gasteiger partial charge in [-0.25, -0.2) is 4.98 Å². The summed E-state index contributed by atoms with van der Waals surface area (Å²) < 4.78 is 5.34. The molecule has 0 saturated carbocycles. The molecular formula is C14H13ClN4O. The summed E-state index contributed by atoms with van der Waals surface area (Å²) in [6.45, 7) is 3.12. The molecule has 2 heterocycles. The third-order valence-corrected chi connectivity index (χ3v) is 3.81. The molecule has 0 unspecified atom stereocenters. The van der Waals surface area contributed by atoms with Gasteiger partial charge in [0.15, 0.2) is 0 Å². The second-order valence-electron chi connectivity index (χ2n) is 4.60. The topological polar surface area (TPSA) is 75.2 Å². The Balaban J connectivity index is 2.12. The fraction of sp³-hybridized carbons (Fsp3) is 0.286. The molecule has 2 aromatic rings. The van der Waals surface area contributed by atoms with Crippen LogP contribution >= 0.6 is 11.6 Å². The molecule has 0 spiro atoms. The van der Waals surface area contributed by atoms with Crippen molar-refractivity contribution in [3.8, 4) is 6.07 Å². The molecule has 1 aromatic heterocycles. The maximum Gasteiger partial charge on any atom is 0.143 e. The lowest BCUT2D eigenvalue weighted by atomic mass is 10.1. The number of nitrogens with two attached hydrogens (primary N) is 1. The van der Waals surface area contributed by atoms with Crippen LogP contribution in [-0.4, -0.2) is 31.3 Å². The number of halogens is 1. The number of anilines is 2. The first-order valence-corrected chi connectivity index (χ1v) is 6.70. The van der Waals surface area contributed by atoms with Crippen molar-refractivity contribution >= 4 is 34.0 Å². The molecule has 6 heteroatoms. The van der Waals surface area contributed by atoms with Gasteiger partial charge in [-0.15, -0.1) is 0 Å². The number of hydrogen-bond donors (Lipinski definition) is 1. The molecule has 102 valence electrons. The maximum absolute atomic E-state index is 9.10. The molecular weight excluding hydrogens is 276 g/mol. The summed E-state index contributed by atoms with van der Waals surface area (Å²) in [5, 5.41) is 10.2. The quantitative estimate of drug-likeness (QED) is 0.870. The number of fused-ring (bicyclic) bond motifs is 1. The number of nitrogens with zero attached hydrogens (tertiary/aromatic N) is 3. The van der Waals surface area contributed by atoms with Gasteiger partial charge in [-0.1, -0.05) is 11.6 Å². The predicted molar refractivity (Wildman–Crippen MR) is 78.9 cm³/mol. The molecule has 1 saturated heterocycles. The Kier molecular flexibility index (Phi) is 3.35. The monoisotopic (exact) mass is 288 g/mol. The number of rotatable bonds is 1. The number of nitriles is 1. The van der Waals surface area contributed by atoms with Gasteiger partial charge in [-0.3, -0.25) is 0 Å². The summed E-state index contributed by atoms with van der Waals surface area (Å²) in [6, 6.07) is 7.82. The van der Waals surface area contributed by atoms with Crippen molar-refractivity contribution in [2.45, 2.75) is 0 Å². The van der Waals surface area contributed by atoms with E-state index in [1.165, 1.54) is 0 Å². The summed E-state index contributed by atoms with van der Waals surface area (Å²) in [6.07, 6.45) is 0. The van der Waals surface area contributed by atoms with Gasteiger partial charge in [0.25, 0.3) is 0 Å². The minimum absolute atomic E-state index is 0.170. The number of benzene rings is 1. The zero-order valence-corrected chi connectivity index (χ0v) is 11.5. The molecule has 1 aromatic carbocycles. The largest absolute Gasteiger partial charge is 0.383 e. The second-order valence-corrected chi connectivity index (χ2v) is 4.98. The third kappa shape index (κ3) is 2.13. The number of morpholine rings is 1. The number of ether oxygens (including phenoxy) is 1. The molecule has 2 N–H and O–H groups in total. The smallest absolute Gasteiger partial charge is 0.143 e. The van der Waals surface area contributed by atoms with Crippen LogP contribution in [-0.2, 0) is 4.74 Å². The Morgan fingerprint density at radius 1 is 1.35 bits per heavy atom. The van der Waals surface area contributed by atoms with Gasteiger partial charge < -0.3 is 15.4 Å². The summed E-state index contributed by atoms with van der Waals surface area (Å²) in [4.78, 5) is 6.45. The van der Waals surface area contributed by atoms with Gasteiger partial charge in [-0.2, -0.15) is 5.26 Å². The fourth-order valence-corrected chi connectivity index (χ4v) is 2.65. The van der Waals surface area contributed by atoms with Crippen LogP contribution in [0.1, 0.15) is 5.56 Å². The van der Waals surface area contributed by atoms with E-state index in [2.05, 4.69) is 9.88 Å². The van der Waals surface area contributed by atoms with Crippen LogP contribution in [0.3, 0.4) is 0 Å². The van der Waals surface area contributed by atoms with Gasteiger partial charge in [0.1, 0.15) is 17.5 Å². The van der Waals surface area contributed by atoms with Crippen LogP contribution in [0, 0.1) is 11.3 Å². The van der Waals surface area contributed by atoms with Gasteiger partial charge in [0, 0.05) is 24.2 Å². The van der Waals surface area contributed by atoms with E-state index in [-0.39, 0.29) is 11.4 Å². The molecule has 3 rings (SSSR count).